The van der Waals surface area contributed by atoms with Crippen LogP contribution in [-0.2, 0) is 14.4 Å². The van der Waals surface area contributed by atoms with Crippen molar-refractivity contribution in [1.29, 1.82) is 0 Å². The fourth-order valence-electron chi connectivity index (χ4n) is 3.06. The highest BCUT2D eigenvalue weighted by Crippen LogP contribution is 2.28. The summed E-state index contributed by atoms with van der Waals surface area (Å²) in [7, 11) is 0. The van der Waals surface area contributed by atoms with Gasteiger partial charge in [-0.3, -0.25) is 14.4 Å². The maximum absolute atomic E-state index is 12.9. The lowest BCUT2D eigenvalue weighted by atomic mass is 10.0. The minimum Gasteiger partial charge on any atom is -0.410 e. The molecule has 28 heavy (non-hydrogen) atoms. The molecule has 3 rings (SSSR count). The Kier molecular flexibility index (Phi) is 5.00. The third-order valence-electron chi connectivity index (χ3n) is 5.06. The zero-order valence-electron chi connectivity index (χ0n) is 16.1. The van der Waals surface area contributed by atoms with E-state index in [1.54, 1.807) is 30.3 Å². The monoisotopic (exact) mass is 379 g/mol. The molecule has 1 aliphatic rings. The zero-order chi connectivity index (χ0) is 20.6. The maximum Gasteiger partial charge on any atom is 0.284 e. The van der Waals surface area contributed by atoms with Crippen LogP contribution in [0.1, 0.15) is 22.3 Å². The number of hydrogen-bond donors (Lipinski definition) is 2. The molecule has 1 aliphatic heterocycles. The van der Waals surface area contributed by atoms with Crippen LogP contribution in [0.5, 0.6) is 0 Å². The Morgan fingerprint density at radius 1 is 0.964 bits per heavy atom. The normalized spacial score (nSPS) is 18.1. The van der Waals surface area contributed by atoms with Crippen LogP contribution in [0, 0.1) is 33.6 Å². The number of nitrogens with zero attached hydrogens (tertiary/aromatic N) is 2. The van der Waals surface area contributed by atoms with Crippen LogP contribution < -0.4 is 10.2 Å². The first-order valence-corrected chi connectivity index (χ1v) is 8.80. The van der Waals surface area contributed by atoms with Crippen molar-refractivity contribution in [3.05, 3.63) is 58.7 Å². The predicted octanol–water partition coefficient (Wildman–Crippen LogP) is 2.88. The quantitative estimate of drug-likeness (QED) is 0.371. The van der Waals surface area contributed by atoms with Gasteiger partial charge in [0, 0.05) is 5.69 Å². The van der Waals surface area contributed by atoms with Gasteiger partial charge in [0.05, 0.1) is 5.69 Å². The largest absolute Gasteiger partial charge is 0.410 e. The van der Waals surface area contributed by atoms with Crippen molar-refractivity contribution in [2.45, 2.75) is 27.7 Å². The first-order chi connectivity index (χ1) is 13.2. The van der Waals surface area contributed by atoms with Gasteiger partial charge < -0.3 is 10.5 Å². The summed E-state index contributed by atoms with van der Waals surface area (Å²) in [5.74, 6) is -3.79. The van der Waals surface area contributed by atoms with Gasteiger partial charge in [0.25, 0.3) is 11.8 Å². The molecule has 1 fully saturated rings. The smallest absolute Gasteiger partial charge is 0.284 e. The molecule has 0 radical (unpaired) electrons. The Balaban J connectivity index is 1.93. The molecule has 144 valence electrons. The van der Waals surface area contributed by atoms with Crippen LogP contribution in [0.3, 0.4) is 0 Å². The van der Waals surface area contributed by atoms with Crippen LogP contribution in [0.4, 0.5) is 11.4 Å². The van der Waals surface area contributed by atoms with E-state index in [-0.39, 0.29) is 0 Å². The molecule has 2 N–H and O–H groups in total. The molecule has 0 bridgehead atoms. The summed E-state index contributed by atoms with van der Waals surface area (Å²) in [6.45, 7) is 7.61. The molecular weight excluding hydrogens is 358 g/mol. The van der Waals surface area contributed by atoms with Crippen LogP contribution in [0.2, 0.25) is 0 Å². The van der Waals surface area contributed by atoms with Crippen LogP contribution in [0.25, 0.3) is 0 Å². The van der Waals surface area contributed by atoms with Gasteiger partial charge >= 0.3 is 0 Å². The molecule has 2 aromatic carbocycles. The lowest BCUT2D eigenvalue weighted by Crippen LogP contribution is -2.34. The average Bonchev–Trinajstić information content (AvgIpc) is 2.90. The molecule has 0 spiro atoms. The first kappa shape index (κ1) is 19.3. The number of hydrogen-bond acceptors (Lipinski definition) is 5. The molecule has 3 amide bonds. The molecule has 0 unspecified atom stereocenters. The minimum atomic E-state index is -1.51. The number of nitrogens with one attached hydrogen (secondary N) is 1. The van der Waals surface area contributed by atoms with E-state index in [0.717, 1.165) is 27.2 Å². The van der Waals surface area contributed by atoms with Gasteiger partial charge in [0.2, 0.25) is 5.91 Å². The fourth-order valence-corrected chi connectivity index (χ4v) is 3.06. The Hall–Kier alpha value is -3.48. The van der Waals surface area contributed by atoms with Crippen molar-refractivity contribution in [2.24, 2.45) is 11.1 Å². The second kappa shape index (κ2) is 7.26. The molecule has 7 nitrogen and oxygen atoms in total. The summed E-state index contributed by atoms with van der Waals surface area (Å²) in [5, 5.41) is 14.9. The van der Waals surface area contributed by atoms with E-state index < -0.39 is 29.4 Å². The van der Waals surface area contributed by atoms with Gasteiger partial charge in [-0.05, 0) is 74.2 Å². The lowest BCUT2D eigenvalue weighted by molar-refractivity contribution is -0.127. The minimum absolute atomic E-state index is 0.334. The Morgan fingerprint density at radius 2 is 1.57 bits per heavy atom. The number of rotatable bonds is 3. The number of carbonyl (C=O) groups excluding carboxylic acids is 3. The van der Waals surface area contributed by atoms with Crippen molar-refractivity contribution >= 4 is 34.8 Å². The van der Waals surface area contributed by atoms with E-state index in [0.29, 0.717) is 11.4 Å². The maximum atomic E-state index is 12.9. The molecular formula is C21H21N3O4. The summed E-state index contributed by atoms with van der Waals surface area (Å²) in [6.07, 6.45) is 0. The van der Waals surface area contributed by atoms with E-state index in [2.05, 4.69) is 10.5 Å². The van der Waals surface area contributed by atoms with Crippen LogP contribution in [0.15, 0.2) is 41.6 Å². The predicted molar refractivity (Wildman–Crippen MR) is 106 cm³/mol. The summed E-state index contributed by atoms with van der Waals surface area (Å²) < 4.78 is 0. The molecule has 0 aromatic heterocycles. The van der Waals surface area contributed by atoms with Crippen molar-refractivity contribution in [3.63, 3.8) is 0 Å². The number of aryl methyl sites for hydroxylation is 4. The average molecular weight is 379 g/mol. The number of carbonyl (C=O) groups is 3. The number of benzene rings is 2. The standard InChI is InChI=1S/C21H21N3O4/c1-11-5-7-15(9-13(11)3)22-19(25)17-18(23-28)21(27)24(20(17)26)16-8-6-12(2)14(4)10-16/h5-10,17,28H,1-4H3,(H,22,25)/b23-18+/t17-/m1/s1. The highest BCUT2D eigenvalue weighted by Gasteiger charge is 2.50. The highest BCUT2D eigenvalue weighted by atomic mass is 16.4. The second-order valence-electron chi connectivity index (χ2n) is 6.95. The fraction of sp³-hybridized carbons (Fsp3) is 0.238. The number of imide groups is 1. The Morgan fingerprint density at radius 3 is 2.14 bits per heavy atom. The van der Waals surface area contributed by atoms with Gasteiger partial charge in [-0.25, -0.2) is 4.90 Å². The molecule has 1 saturated heterocycles. The third kappa shape index (κ3) is 3.26. The zero-order valence-corrected chi connectivity index (χ0v) is 16.1. The number of oxime groups is 1. The van der Waals surface area contributed by atoms with Gasteiger partial charge in [0.15, 0.2) is 11.6 Å². The van der Waals surface area contributed by atoms with E-state index in [1.165, 1.54) is 0 Å². The lowest BCUT2D eigenvalue weighted by Gasteiger charge is -2.15. The highest BCUT2D eigenvalue weighted by molar-refractivity contribution is 6.61. The first-order valence-electron chi connectivity index (χ1n) is 8.80. The second-order valence-corrected chi connectivity index (χ2v) is 6.95. The Labute approximate surface area is 162 Å². The van der Waals surface area contributed by atoms with E-state index in [9.17, 15) is 19.6 Å². The number of amides is 3. The molecule has 0 saturated carbocycles. The molecule has 1 heterocycles. The Bertz CT molecular complexity index is 1030. The van der Waals surface area contributed by atoms with Crippen molar-refractivity contribution in [2.75, 3.05) is 10.2 Å². The van der Waals surface area contributed by atoms with Crippen LogP contribution >= 0.6 is 0 Å². The number of anilines is 2. The van der Waals surface area contributed by atoms with Crippen molar-refractivity contribution in [1.82, 2.24) is 0 Å². The summed E-state index contributed by atoms with van der Waals surface area (Å²) >= 11 is 0. The van der Waals surface area contributed by atoms with Crippen LogP contribution in [-0.4, -0.2) is 28.6 Å². The summed E-state index contributed by atoms with van der Waals surface area (Å²) in [5.41, 5.74) is 4.26. The summed E-state index contributed by atoms with van der Waals surface area (Å²) in [6, 6.07) is 10.4. The molecule has 2 aromatic rings. The SMILES string of the molecule is Cc1ccc(NC(=O)[C@@H]2C(=O)N(c3ccc(C)c(C)c3)C(=O)/C2=N/O)cc1C. The third-order valence-corrected chi connectivity index (χ3v) is 5.06. The molecule has 1 atom stereocenters. The van der Waals surface area contributed by atoms with Gasteiger partial charge in [-0.1, -0.05) is 17.3 Å². The summed E-state index contributed by atoms with van der Waals surface area (Å²) in [4.78, 5) is 39.1. The topological polar surface area (TPSA) is 99.1 Å². The van der Waals surface area contributed by atoms with E-state index in [1.807, 2.05) is 33.8 Å². The van der Waals surface area contributed by atoms with Gasteiger partial charge in [0.1, 0.15) is 0 Å². The van der Waals surface area contributed by atoms with Crippen molar-refractivity contribution < 1.29 is 19.6 Å². The van der Waals surface area contributed by atoms with Gasteiger partial charge in [-0.2, -0.15) is 0 Å². The van der Waals surface area contributed by atoms with Crippen molar-refractivity contribution in [3.8, 4) is 0 Å². The molecule has 0 aliphatic carbocycles. The van der Waals surface area contributed by atoms with E-state index in [4.69, 9.17) is 0 Å². The van der Waals surface area contributed by atoms with Gasteiger partial charge in [-0.15, -0.1) is 0 Å². The van der Waals surface area contributed by atoms with E-state index >= 15 is 0 Å². The molecule has 7 heteroatoms.